The summed E-state index contributed by atoms with van der Waals surface area (Å²) < 4.78 is 1.05. The van der Waals surface area contributed by atoms with E-state index in [1.54, 1.807) is 30.5 Å². The van der Waals surface area contributed by atoms with E-state index in [1.165, 1.54) is 6.07 Å². The minimum absolute atomic E-state index is 0.295. The van der Waals surface area contributed by atoms with E-state index in [1.807, 2.05) is 17.5 Å². The number of nitrogens with zero attached hydrogens (tertiary/aromatic N) is 1. The Hall–Kier alpha value is -2.47. The van der Waals surface area contributed by atoms with Crippen LogP contribution in [0.1, 0.15) is 16.1 Å². The van der Waals surface area contributed by atoms with Crippen LogP contribution in [0.3, 0.4) is 0 Å². The Bertz CT molecular complexity index is 851. The van der Waals surface area contributed by atoms with Crippen molar-refractivity contribution in [1.82, 2.24) is 9.97 Å². The summed E-state index contributed by atoms with van der Waals surface area (Å²) in [5.41, 5.74) is 0.668. The van der Waals surface area contributed by atoms with Crippen molar-refractivity contribution in [1.29, 1.82) is 0 Å². The molecule has 0 saturated heterocycles. The van der Waals surface area contributed by atoms with E-state index in [2.05, 4.69) is 15.3 Å². The highest BCUT2D eigenvalue weighted by Crippen LogP contribution is 2.25. The van der Waals surface area contributed by atoms with E-state index >= 15 is 0 Å². The summed E-state index contributed by atoms with van der Waals surface area (Å²) in [6.45, 7) is 1.73. The van der Waals surface area contributed by atoms with Crippen molar-refractivity contribution < 1.29 is 4.79 Å². The van der Waals surface area contributed by atoms with Crippen molar-refractivity contribution in [2.24, 2.45) is 0 Å². The van der Waals surface area contributed by atoms with Gasteiger partial charge in [-0.25, -0.2) is 4.98 Å². The van der Waals surface area contributed by atoms with Crippen LogP contribution >= 0.6 is 11.3 Å². The first-order chi connectivity index (χ1) is 9.63. The summed E-state index contributed by atoms with van der Waals surface area (Å²) in [6.07, 6.45) is 1.65. The van der Waals surface area contributed by atoms with Gasteiger partial charge in [-0.1, -0.05) is 0 Å². The van der Waals surface area contributed by atoms with Crippen LogP contribution in [0.15, 0.2) is 40.6 Å². The Labute approximate surface area is 118 Å². The number of rotatable bonds is 2. The van der Waals surface area contributed by atoms with Gasteiger partial charge in [0.25, 0.3) is 5.91 Å². The van der Waals surface area contributed by atoms with E-state index in [4.69, 9.17) is 0 Å². The molecule has 3 rings (SSSR count). The number of aryl methyl sites for hydroxylation is 1. The van der Waals surface area contributed by atoms with Gasteiger partial charge >= 0.3 is 0 Å². The van der Waals surface area contributed by atoms with Gasteiger partial charge in [0.2, 0.25) is 5.56 Å². The third-order valence-electron chi connectivity index (χ3n) is 2.85. The summed E-state index contributed by atoms with van der Waals surface area (Å²) in [4.78, 5) is 30.4. The average molecular weight is 285 g/mol. The number of fused-ring (bicyclic) bond motifs is 1. The minimum atomic E-state index is -0.342. The van der Waals surface area contributed by atoms with E-state index in [9.17, 15) is 9.59 Å². The number of carbonyl (C=O) groups excluding carboxylic acids is 1. The number of H-pyrrole nitrogens is 1. The van der Waals surface area contributed by atoms with Gasteiger partial charge in [-0.3, -0.25) is 9.59 Å². The second-order valence-corrected chi connectivity index (χ2v) is 5.31. The fraction of sp³-hybridized carbons (Fsp3) is 0.0714. The lowest BCUT2D eigenvalue weighted by Crippen LogP contribution is -2.17. The van der Waals surface area contributed by atoms with Gasteiger partial charge < -0.3 is 10.3 Å². The Morgan fingerprint density at radius 3 is 3.00 bits per heavy atom. The number of amides is 1. The summed E-state index contributed by atoms with van der Waals surface area (Å²) in [5.74, 6) is 0.164. The summed E-state index contributed by atoms with van der Waals surface area (Å²) in [7, 11) is 0. The van der Waals surface area contributed by atoms with E-state index in [0.717, 1.165) is 10.1 Å². The highest BCUT2D eigenvalue weighted by molar-refractivity contribution is 7.17. The highest BCUT2D eigenvalue weighted by Gasteiger charge is 2.11. The van der Waals surface area contributed by atoms with Crippen molar-refractivity contribution in [2.75, 3.05) is 5.32 Å². The van der Waals surface area contributed by atoms with Crippen LogP contribution in [0.2, 0.25) is 0 Å². The molecule has 5 nitrogen and oxygen atoms in total. The SMILES string of the molecule is Cc1cc(C(=O)Nc2nccc3sccc23)cc(=O)[nH]1. The topological polar surface area (TPSA) is 74.8 Å². The highest BCUT2D eigenvalue weighted by atomic mass is 32.1. The molecular weight excluding hydrogens is 274 g/mol. The maximum Gasteiger partial charge on any atom is 0.257 e. The van der Waals surface area contributed by atoms with Gasteiger partial charge in [0.05, 0.1) is 0 Å². The van der Waals surface area contributed by atoms with E-state index < -0.39 is 0 Å². The largest absolute Gasteiger partial charge is 0.326 e. The first kappa shape index (κ1) is 12.6. The average Bonchev–Trinajstić information content (AvgIpc) is 2.87. The number of hydrogen-bond acceptors (Lipinski definition) is 4. The predicted octanol–water partition coefficient (Wildman–Crippen LogP) is 2.55. The molecule has 6 heteroatoms. The number of anilines is 1. The molecule has 0 aromatic carbocycles. The smallest absolute Gasteiger partial charge is 0.257 e. The molecule has 0 atom stereocenters. The molecule has 0 radical (unpaired) electrons. The molecule has 3 heterocycles. The maximum atomic E-state index is 12.2. The zero-order valence-corrected chi connectivity index (χ0v) is 11.5. The third-order valence-corrected chi connectivity index (χ3v) is 3.74. The van der Waals surface area contributed by atoms with Gasteiger partial charge in [0.1, 0.15) is 5.82 Å². The predicted molar refractivity (Wildman–Crippen MR) is 79.4 cm³/mol. The molecule has 0 saturated carbocycles. The maximum absolute atomic E-state index is 12.2. The number of carbonyl (C=O) groups is 1. The van der Waals surface area contributed by atoms with Crippen LogP contribution in [0.5, 0.6) is 0 Å². The lowest BCUT2D eigenvalue weighted by atomic mass is 10.2. The molecule has 0 bridgehead atoms. The fourth-order valence-corrected chi connectivity index (χ4v) is 2.77. The number of pyridine rings is 2. The Balaban J connectivity index is 1.96. The summed E-state index contributed by atoms with van der Waals surface area (Å²) in [6, 6.07) is 6.71. The molecule has 0 aliphatic heterocycles. The molecule has 20 heavy (non-hydrogen) atoms. The number of thiophene rings is 1. The minimum Gasteiger partial charge on any atom is -0.326 e. The van der Waals surface area contributed by atoms with Crippen molar-refractivity contribution in [3.8, 4) is 0 Å². The van der Waals surface area contributed by atoms with Crippen LogP contribution in [0.25, 0.3) is 10.1 Å². The Kier molecular flexibility index (Phi) is 3.08. The second kappa shape index (κ2) is 4.90. The van der Waals surface area contributed by atoms with E-state index in [0.29, 0.717) is 17.1 Å². The normalized spacial score (nSPS) is 10.7. The first-order valence-corrected chi connectivity index (χ1v) is 6.86. The number of aromatic nitrogens is 2. The Morgan fingerprint density at radius 1 is 1.35 bits per heavy atom. The number of nitrogens with one attached hydrogen (secondary N) is 2. The van der Waals surface area contributed by atoms with Gasteiger partial charge in [-0.05, 0) is 30.5 Å². The molecule has 3 aromatic heterocycles. The molecule has 0 aliphatic carbocycles. The lowest BCUT2D eigenvalue weighted by molar-refractivity contribution is 0.102. The van der Waals surface area contributed by atoms with Crippen LogP contribution < -0.4 is 10.9 Å². The zero-order chi connectivity index (χ0) is 14.1. The monoisotopic (exact) mass is 285 g/mol. The fourth-order valence-electron chi connectivity index (χ4n) is 1.99. The first-order valence-electron chi connectivity index (χ1n) is 5.98. The molecular formula is C14H11N3O2S. The van der Waals surface area contributed by atoms with Crippen LogP contribution in [0, 0.1) is 6.92 Å². The van der Waals surface area contributed by atoms with Gasteiger partial charge in [0.15, 0.2) is 0 Å². The number of hydrogen-bond donors (Lipinski definition) is 2. The quantitative estimate of drug-likeness (QED) is 0.759. The standard InChI is InChI=1S/C14H11N3O2S/c1-8-6-9(7-12(18)16-8)14(19)17-13-10-3-5-20-11(10)2-4-15-13/h2-7H,1H3,(H,16,18)(H,15,17,19). The molecule has 3 aromatic rings. The third kappa shape index (κ3) is 2.33. The van der Waals surface area contributed by atoms with Gasteiger partial charge in [-0.2, -0.15) is 0 Å². The van der Waals surface area contributed by atoms with Gasteiger partial charge in [0, 0.05) is 33.6 Å². The zero-order valence-electron chi connectivity index (χ0n) is 10.6. The summed E-state index contributed by atoms with van der Waals surface area (Å²) >= 11 is 1.58. The van der Waals surface area contributed by atoms with Crippen molar-refractivity contribution >= 4 is 33.1 Å². The van der Waals surface area contributed by atoms with Gasteiger partial charge in [-0.15, -0.1) is 11.3 Å². The molecule has 1 amide bonds. The number of aromatic amines is 1. The Morgan fingerprint density at radius 2 is 2.20 bits per heavy atom. The van der Waals surface area contributed by atoms with Crippen LogP contribution in [0.4, 0.5) is 5.82 Å². The van der Waals surface area contributed by atoms with Crippen molar-refractivity contribution in [3.63, 3.8) is 0 Å². The summed E-state index contributed by atoms with van der Waals surface area (Å²) in [5, 5.41) is 5.59. The molecule has 0 spiro atoms. The molecule has 0 unspecified atom stereocenters. The molecule has 0 fully saturated rings. The van der Waals surface area contributed by atoms with E-state index in [-0.39, 0.29) is 11.5 Å². The molecule has 0 aliphatic rings. The van der Waals surface area contributed by atoms with Crippen LogP contribution in [-0.2, 0) is 0 Å². The molecule has 2 N–H and O–H groups in total. The molecule has 100 valence electrons. The van der Waals surface area contributed by atoms with Crippen molar-refractivity contribution in [2.45, 2.75) is 6.92 Å². The van der Waals surface area contributed by atoms with Crippen LogP contribution in [-0.4, -0.2) is 15.9 Å². The lowest BCUT2D eigenvalue weighted by Gasteiger charge is -2.06. The second-order valence-electron chi connectivity index (χ2n) is 4.36. The van der Waals surface area contributed by atoms with Crippen molar-refractivity contribution in [3.05, 3.63) is 57.5 Å².